The Bertz CT molecular complexity index is 496. The van der Waals surface area contributed by atoms with E-state index in [4.69, 9.17) is 5.73 Å². The zero-order valence-corrected chi connectivity index (χ0v) is 13.4. The molecule has 1 amide bonds. The van der Waals surface area contributed by atoms with Crippen LogP contribution in [0.25, 0.3) is 0 Å². The first-order chi connectivity index (χ1) is 10.0. The molecule has 0 aliphatic carbocycles. The van der Waals surface area contributed by atoms with Gasteiger partial charge in [0.05, 0.1) is 11.4 Å². The van der Waals surface area contributed by atoms with Crippen molar-refractivity contribution in [3.05, 3.63) is 11.4 Å². The maximum atomic E-state index is 12.1. The molecule has 2 rings (SSSR count). The summed E-state index contributed by atoms with van der Waals surface area (Å²) in [5, 5.41) is 7.11. The smallest absolute Gasteiger partial charge is 0.271 e. The monoisotopic (exact) mass is 293 g/mol. The lowest BCUT2D eigenvalue weighted by Crippen LogP contribution is -2.39. The number of piperidine rings is 1. The van der Waals surface area contributed by atoms with E-state index in [0.717, 1.165) is 13.0 Å². The van der Waals surface area contributed by atoms with Crippen molar-refractivity contribution in [2.45, 2.75) is 45.6 Å². The van der Waals surface area contributed by atoms with Gasteiger partial charge in [0.1, 0.15) is 5.69 Å². The number of likely N-dealkylation sites (tertiary alicyclic amines) is 1. The van der Waals surface area contributed by atoms with Gasteiger partial charge < -0.3 is 16.0 Å². The Morgan fingerprint density at radius 1 is 1.48 bits per heavy atom. The van der Waals surface area contributed by atoms with E-state index in [-0.39, 0.29) is 5.91 Å². The quantitative estimate of drug-likeness (QED) is 0.803. The Morgan fingerprint density at radius 2 is 2.24 bits per heavy atom. The number of nitrogens with zero attached hydrogens (tertiary/aromatic N) is 3. The van der Waals surface area contributed by atoms with Gasteiger partial charge in [-0.3, -0.25) is 9.48 Å². The van der Waals surface area contributed by atoms with E-state index in [2.05, 4.69) is 22.2 Å². The third-order valence-corrected chi connectivity index (χ3v) is 4.33. The van der Waals surface area contributed by atoms with Crippen molar-refractivity contribution >= 4 is 11.6 Å². The molecule has 1 aromatic rings. The number of aryl methyl sites for hydroxylation is 2. The molecule has 6 nitrogen and oxygen atoms in total. The summed E-state index contributed by atoms with van der Waals surface area (Å²) in [7, 11) is 1.74. The van der Waals surface area contributed by atoms with Crippen LogP contribution in [0.3, 0.4) is 0 Å². The molecular weight excluding hydrogens is 266 g/mol. The van der Waals surface area contributed by atoms with Gasteiger partial charge in [-0.05, 0) is 39.7 Å². The molecule has 1 aliphatic heterocycles. The largest absolute Gasteiger partial charge is 0.395 e. The topological polar surface area (TPSA) is 76.2 Å². The minimum absolute atomic E-state index is 0.137. The number of aromatic nitrogens is 2. The molecule has 0 bridgehead atoms. The van der Waals surface area contributed by atoms with Gasteiger partial charge >= 0.3 is 0 Å². The van der Waals surface area contributed by atoms with Crippen LogP contribution in [0.1, 0.15) is 48.8 Å². The standard InChI is InChI=1S/C15H27N5O/c1-11-7-4-5-9-20(11)10-6-8-17-15(21)14-13(16)12(2)18-19(14)3/h11H,4-10,16H2,1-3H3,(H,17,21). The fourth-order valence-electron chi connectivity index (χ4n) is 3.00. The van der Waals surface area contributed by atoms with Crippen molar-refractivity contribution in [2.75, 3.05) is 25.4 Å². The number of carbonyl (C=O) groups excluding carboxylic acids is 1. The van der Waals surface area contributed by atoms with Gasteiger partial charge in [0.15, 0.2) is 0 Å². The summed E-state index contributed by atoms with van der Waals surface area (Å²) in [6, 6.07) is 0.671. The van der Waals surface area contributed by atoms with Crippen LogP contribution in [-0.2, 0) is 7.05 Å². The lowest BCUT2D eigenvalue weighted by molar-refractivity contribution is 0.0940. The summed E-state index contributed by atoms with van der Waals surface area (Å²) < 4.78 is 1.55. The Balaban J connectivity index is 1.77. The number of carbonyl (C=O) groups is 1. The molecule has 1 atom stereocenters. The van der Waals surface area contributed by atoms with Crippen molar-refractivity contribution in [2.24, 2.45) is 7.05 Å². The maximum Gasteiger partial charge on any atom is 0.271 e. The van der Waals surface area contributed by atoms with Crippen LogP contribution in [0.2, 0.25) is 0 Å². The predicted octanol–water partition coefficient (Wildman–Crippen LogP) is 1.31. The third kappa shape index (κ3) is 3.75. The molecule has 0 saturated carbocycles. The average molecular weight is 293 g/mol. The van der Waals surface area contributed by atoms with Crippen LogP contribution in [0.4, 0.5) is 5.69 Å². The first-order valence-electron chi connectivity index (χ1n) is 7.82. The molecule has 1 fully saturated rings. The van der Waals surface area contributed by atoms with Gasteiger partial charge in [0.25, 0.3) is 5.91 Å². The zero-order chi connectivity index (χ0) is 15.4. The van der Waals surface area contributed by atoms with Crippen molar-refractivity contribution < 1.29 is 4.79 Å². The van der Waals surface area contributed by atoms with E-state index in [9.17, 15) is 4.79 Å². The van der Waals surface area contributed by atoms with Gasteiger partial charge in [-0.1, -0.05) is 6.42 Å². The number of hydrogen-bond donors (Lipinski definition) is 2. The molecule has 1 aliphatic rings. The molecule has 1 unspecified atom stereocenters. The Labute approximate surface area is 126 Å². The van der Waals surface area contributed by atoms with Crippen LogP contribution in [0, 0.1) is 6.92 Å². The van der Waals surface area contributed by atoms with Crippen molar-refractivity contribution in [1.29, 1.82) is 0 Å². The molecule has 0 aromatic carbocycles. The minimum Gasteiger partial charge on any atom is -0.395 e. The molecular formula is C15H27N5O. The number of rotatable bonds is 5. The molecule has 118 valence electrons. The summed E-state index contributed by atoms with van der Waals surface area (Å²) in [5.74, 6) is -0.137. The van der Waals surface area contributed by atoms with Crippen LogP contribution in [0.15, 0.2) is 0 Å². The Hall–Kier alpha value is -1.56. The van der Waals surface area contributed by atoms with Gasteiger partial charge in [-0.25, -0.2) is 0 Å². The van der Waals surface area contributed by atoms with Crippen molar-refractivity contribution in [3.8, 4) is 0 Å². The first kappa shape index (κ1) is 15.8. The molecule has 1 aromatic heterocycles. The second-order valence-corrected chi connectivity index (χ2v) is 5.96. The van der Waals surface area contributed by atoms with Crippen LogP contribution >= 0.6 is 0 Å². The molecule has 6 heteroatoms. The number of hydrogen-bond acceptors (Lipinski definition) is 4. The Morgan fingerprint density at radius 3 is 2.86 bits per heavy atom. The summed E-state index contributed by atoms with van der Waals surface area (Å²) in [4.78, 5) is 14.7. The fraction of sp³-hybridized carbons (Fsp3) is 0.733. The van der Waals surface area contributed by atoms with Crippen LogP contribution in [-0.4, -0.2) is 46.3 Å². The maximum absolute atomic E-state index is 12.1. The highest BCUT2D eigenvalue weighted by Gasteiger charge is 2.19. The highest BCUT2D eigenvalue weighted by atomic mass is 16.2. The number of nitrogens with two attached hydrogens (primary N) is 1. The van der Waals surface area contributed by atoms with Crippen LogP contribution < -0.4 is 11.1 Å². The van der Waals surface area contributed by atoms with Crippen LogP contribution in [0.5, 0.6) is 0 Å². The number of amides is 1. The summed E-state index contributed by atoms with van der Waals surface area (Å²) in [6.45, 7) is 7.00. The van der Waals surface area contributed by atoms with Gasteiger partial charge in [-0.2, -0.15) is 5.10 Å². The third-order valence-electron chi connectivity index (χ3n) is 4.33. The van der Waals surface area contributed by atoms with E-state index in [1.54, 1.807) is 11.7 Å². The average Bonchev–Trinajstić information content (AvgIpc) is 2.70. The summed E-state index contributed by atoms with van der Waals surface area (Å²) >= 11 is 0. The van der Waals surface area contributed by atoms with E-state index in [0.29, 0.717) is 29.7 Å². The fourth-order valence-corrected chi connectivity index (χ4v) is 3.00. The van der Waals surface area contributed by atoms with Gasteiger partial charge in [-0.15, -0.1) is 0 Å². The van der Waals surface area contributed by atoms with E-state index in [1.165, 1.54) is 25.8 Å². The lowest BCUT2D eigenvalue weighted by Gasteiger charge is -2.33. The molecule has 0 radical (unpaired) electrons. The summed E-state index contributed by atoms with van der Waals surface area (Å²) in [6.07, 6.45) is 4.89. The highest BCUT2D eigenvalue weighted by molar-refractivity contribution is 5.97. The number of anilines is 1. The Kier molecular flexibility index (Phi) is 5.22. The SMILES string of the molecule is Cc1nn(C)c(C(=O)NCCCN2CCCCC2C)c1N. The van der Waals surface area contributed by atoms with Crippen molar-refractivity contribution in [1.82, 2.24) is 20.0 Å². The van der Waals surface area contributed by atoms with Crippen molar-refractivity contribution in [3.63, 3.8) is 0 Å². The van der Waals surface area contributed by atoms with E-state index >= 15 is 0 Å². The molecule has 3 N–H and O–H groups in total. The molecule has 2 heterocycles. The second kappa shape index (κ2) is 6.93. The molecule has 0 spiro atoms. The lowest BCUT2D eigenvalue weighted by atomic mass is 10.0. The molecule has 1 saturated heterocycles. The minimum atomic E-state index is -0.137. The summed E-state index contributed by atoms with van der Waals surface area (Å²) in [5.41, 5.74) is 7.52. The van der Waals surface area contributed by atoms with E-state index < -0.39 is 0 Å². The predicted molar refractivity (Wildman–Crippen MR) is 84.2 cm³/mol. The highest BCUT2D eigenvalue weighted by Crippen LogP contribution is 2.16. The number of nitrogens with one attached hydrogen (secondary N) is 1. The normalized spacial score (nSPS) is 19.7. The van der Waals surface area contributed by atoms with Gasteiger partial charge in [0.2, 0.25) is 0 Å². The molecule has 21 heavy (non-hydrogen) atoms. The first-order valence-corrected chi connectivity index (χ1v) is 7.82. The van der Waals surface area contributed by atoms with E-state index in [1.807, 2.05) is 6.92 Å². The van der Waals surface area contributed by atoms with Gasteiger partial charge in [0, 0.05) is 26.2 Å². The number of nitrogen functional groups attached to an aromatic ring is 1. The zero-order valence-electron chi connectivity index (χ0n) is 13.4. The second-order valence-electron chi connectivity index (χ2n) is 5.96.